The number of carbonyl (C=O) groups is 1. The minimum Gasteiger partial charge on any atom is -0.459 e. The maximum Gasteiger partial charge on any atom is 0.326 e. The summed E-state index contributed by atoms with van der Waals surface area (Å²) < 4.78 is 31.1. The van der Waals surface area contributed by atoms with Crippen molar-refractivity contribution >= 4 is 21.7 Å². The molecule has 0 radical (unpaired) electrons. The fourth-order valence-corrected chi connectivity index (χ4v) is 4.75. The van der Waals surface area contributed by atoms with Gasteiger partial charge in [-0.2, -0.15) is 0 Å². The highest BCUT2D eigenvalue weighted by molar-refractivity contribution is 7.92. The Morgan fingerprint density at radius 2 is 1.70 bits per heavy atom. The maximum absolute atomic E-state index is 12.8. The van der Waals surface area contributed by atoms with Crippen LogP contribution in [0.3, 0.4) is 0 Å². The molecule has 2 aromatic rings. The first-order chi connectivity index (χ1) is 15.4. The predicted octanol–water partition coefficient (Wildman–Crippen LogP) is 3.99. The first-order valence-corrected chi connectivity index (χ1v) is 13.4. The van der Waals surface area contributed by atoms with Gasteiger partial charge >= 0.3 is 5.97 Å². The molecule has 0 amide bonds. The van der Waals surface area contributed by atoms with E-state index in [0.717, 1.165) is 48.8 Å². The van der Waals surface area contributed by atoms with E-state index < -0.39 is 21.5 Å². The SMILES string of the molecule is CC1CCCc2cc(cc(N(C)S(C)(=O)=O)c2)COC(=O)C(C)(N)Cc2cccc(c2)CC1. The summed E-state index contributed by atoms with van der Waals surface area (Å²) in [5, 5.41) is 0. The first kappa shape index (κ1) is 25.2. The number of fused-ring (bicyclic) bond motifs is 4. The van der Waals surface area contributed by atoms with Crippen LogP contribution in [0.1, 0.15) is 55.4 Å². The fourth-order valence-electron chi connectivity index (χ4n) is 4.26. The zero-order valence-electron chi connectivity index (χ0n) is 20.1. The van der Waals surface area contributed by atoms with Crippen molar-refractivity contribution in [3.8, 4) is 0 Å². The standard InChI is InChI=1S/C26H36N2O4S/c1-19-7-5-9-21-14-23(16-24(15-21)28(3)33(4,30)31)18-32-25(29)26(2,27)17-22-10-6-8-20(13-22)12-11-19/h6,8,10,13-16,19H,5,7,9,11-12,17-18,27H2,1-4H3. The summed E-state index contributed by atoms with van der Waals surface area (Å²) in [4.78, 5) is 12.8. The van der Waals surface area contributed by atoms with Crippen molar-refractivity contribution in [2.45, 2.75) is 64.5 Å². The van der Waals surface area contributed by atoms with Crippen LogP contribution in [0.25, 0.3) is 0 Å². The number of sulfonamides is 1. The minimum absolute atomic E-state index is 0.0422. The molecule has 1 aliphatic heterocycles. The monoisotopic (exact) mass is 472 g/mol. The largest absolute Gasteiger partial charge is 0.459 e. The van der Waals surface area contributed by atoms with Crippen LogP contribution in [0.15, 0.2) is 42.5 Å². The van der Waals surface area contributed by atoms with Crippen LogP contribution in [0.5, 0.6) is 0 Å². The van der Waals surface area contributed by atoms with Crippen LogP contribution < -0.4 is 10.0 Å². The zero-order chi connectivity index (χ0) is 24.2. The second-order valence-corrected chi connectivity index (χ2v) is 11.8. The molecule has 1 aliphatic rings. The molecule has 0 saturated heterocycles. The topological polar surface area (TPSA) is 89.7 Å². The van der Waals surface area contributed by atoms with Gasteiger partial charge in [-0.05, 0) is 72.9 Å². The molecule has 1 heterocycles. The van der Waals surface area contributed by atoms with Crippen LogP contribution in [-0.4, -0.2) is 33.2 Å². The number of nitrogens with two attached hydrogens (primary N) is 1. The number of hydrogen-bond acceptors (Lipinski definition) is 5. The van der Waals surface area contributed by atoms with Crippen molar-refractivity contribution in [1.82, 2.24) is 0 Å². The van der Waals surface area contributed by atoms with Crippen molar-refractivity contribution in [3.05, 3.63) is 64.7 Å². The molecule has 180 valence electrons. The number of esters is 1. The number of rotatable bonds is 2. The number of benzene rings is 2. The lowest BCUT2D eigenvalue weighted by atomic mass is 9.91. The van der Waals surface area contributed by atoms with Gasteiger partial charge in [0, 0.05) is 13.5 Å². The number of ether oxygens (including phenoxy) is 1. The molecule has 0 aliphatic carbocycles. The molecular formula is C26H36N2O4S. The van der Waals surface area contributed by atoms with E-state index in [2.05, 4.69) is 19.1 Å². The number of aryl methyl sites for hydroxylation is 2. The Bertz CT molecular complexity index is 1100. The molecular weight excluding hydrogens is 436 g/mol. The third kappa shape index (κ3) is 7.05. The normalized spacial score (nSPS) is 22.8. The molecule has 2 aromatic carbocycles. The molecule has 2 unspecified atom stereocenters. The summed E-state index contributed by atoms with van der Waals surface area (Å²) >= 11 is 0. The highest BCUT2D eigenvalue weighted by Gasteiger charge is 2.30. The van der Waals surface area contributed by atoms with E-state index >= 15 is 0 Å². The van der Waals surface area contributed by atoms with Gasteiger partial charge in [-0.25, -0.2) is 8.42 Å². The Kier molecular flexibility index (Phi) is 7.85. The van der Waals surface area contributed by atoms with Gasteiger partial charge in [0.25, 0.3) is 0 Å². The third-order valence-electron chi connectivity index (χ3n) is 6.39. The summed E-state index contributed by atoms with van der Waals surface area (Å²) in [6.07, 6.45) is 6.58. The summed E-state index contributed by atoms with van der Waals surface area (Å²) in [5.41, 5.74) is 9.84. The number of anilines is 1. The van der Waals surface area contributed by atoms with Crippen LogP contribution in [0.4, 0.5) is 5.69 Å². The lowest BCUT2D eigenvalue weighted by Gasteiger charge is -2.23. The lowest BCUT2D eigenvalue weighted by Crippen LogP contribution is -2.48. The predicted molar refractivity (Wildman–Crippen MR) is 133 cm³/mol. The summed E-state index contributed by atoms with van der Waals surface area (Å²) in [7, 11) is -1.87. The Balaban J connectivity index is 1.91. The minimum atomic E-state index is -3.41. The molecule has 33 heavy (non-hydrogen) atoms. The number of cyclic esters (lactones) is 1. The van der Waals surface area contributed by atoms with Crippen LogP contribution in [-0.2, 0) is 45.4 Å². The van der Waals surface area contributed by atoms with Gasteiger partial charge in [0.05, 0.1) is 11.9 Å². The van der Waals surface area contributed by atoms with Gasteiger partial charge in [-0.15, -0.1) is 0 Å². The molecule has 7 heteroatoms. The van der Waals surface area contributed by atoms with E-state index in [1.54, 1.807) is 13.0 Å². The molecule has 6 nitrogen and oxygen atoms in total. The highest BCUT2D eigenvalue weighted by Crippen LogP contribution is 2.25. The Morgan fingerprint density at radius 3 is 2.42 bits per heavy atom. The average Bonchev–Trinajstić information content (AvgIpc) is 2.74. The molecule has 0 spiro atoms. The highest BCUT2D eigenvalue weighted by atomic mass is 32.2. The van der Waals surface area contributed by atoms with Crippen molar-refractivity contribution < 1.29 is 17.9 Å². The van der Waals surface area contributed by atoms with E-state index in [-0.39, 0.29) is 6.61 Å². The Hall–Kier alpha value is -2.38. The van der Waals surface area contributed by atoms with Gasteiger partial charge in [0.1, 0.15) is 12.1 Å². The molecule has 4 bridgehead atoms. The van der Waals surface area contributed by atoms with E-state index in [4.69, 9.17) is 10.5 Å². The van der Waals surface area contributed by atoms with Crippen molar-refractivity contribution in [1.29, 1.82) is 0 Å². The van der Waals surface area contributed by atoms with Gasteiger partial charge < -0.3 is 10.5 Å². The molecule has 2 N–H and O–H groups in total. The molecule has 0 fully saturated rings. The average molecular weight is 473 g/mol. The number of hydrogen-bond donors (Lipinski definition) is 1. The molecule has 0 saturated carbocycles. The number of nitrogens with zero attached hydrogens (tertiary/aromatic N) is 1. The van der Waals surface area contributed by atoms with Gasteiger partial charge in [0.2, 0.25) is 10.0 Å². The first-order valence-electron chi connectivity index (χ1n) is 11.5. The third-order valence-corrected chi connectivity index (χ3v) is 7.59. The van der Waals surface area contributed by atoms with Crippen molar-refractivity contribution in [3.63, 3.8) is 0 Å². The van der Waals surface area contributed by atoms with Crippen molar-refractivity contribution in [2.75, 3.05) is 17.6 Å². The van der Waals surface area contributed by atoms with Crippen LogP contribution in [0.2, 0.25) is 0 Å². The summed E-state index contributed by atoms with van der Waals surface area (Å²) in [6, 6.07) is 13.9. The van der Waals surface area contributed by atoms with Crippen LogP contribution >= 0.6 is 0 Å². The zero-order valence-corrected chi connectivity index (χ0v) is 21.0. The molecule has 3 rings (SSSR count). The fraction of sp³-hybridized carbons (Fsp3) is 0.500. The van der Waals surface area contributed by atoms with E-state index in [9.17, 15) is 13.2 Å². The van der Waals surface area contributed by atoms with Gasteiger partial charge in [-0.1, -0.05) is 43.7 Å². The smallest absolute Gasteiger partial charge is 0.326 e. The van der Waals surface area contributed by atoms with Crippen LogP contribution in [0, 0.1) is 5.92 Å². The maximum atomic E-state index is 12.8. The summed E-state index contributed by atoms with van der Waals surface area (Å²) in [5.74, 6) is 0.102. The van der Waals surface area contributed by atoms with Gasteiger partial charge in [-0.3, -0.25) is 9.10 Å². The van der Waals surface area contributed by atoms with Crippen molar-refractivity contribution in [2.24, 2.45) is 11.7 Å². The van der Waals surface area contributed by atoms with E-state index in [1.807, 2.05) is 24.3 Å². The lowest BCUT2D eigenvalue weighted by molar-refractivity contribution is -0.150. The summed E-state index contributed by atoms with van der Waals surface area (Å²) in [6.45, 7) is 4.01. The molecule has 2 atom stereocenters. The van der Waals surface area contributed by atoms with E-state index in [0.29, 0.717) is 18.0 Å². The second-order valence-electron chi connectivity index (χ2n) is 9.76. The van der Waals surface area contributed by atoms with E-state index in [1.165, 1.54) is 23.2 Å². The second kappa shape index (κ2) is 10.3. The Morgan fingerprint density at radius 1 is 1.03 bits per heavy atom. The number of carbonyl (C=O) groups excluding carboxylic acids is 1. The molecule has 0 aromatic heterocycles. The quantitative estimate of drug-likeness (QED) is 0.668. The Labute approximate surface area is 198 Å². The van der Waals surface area contributed by atoms with Gasteiger partial charge in [0.15, 0.2) is 0 Å².